The Labute approximate surface area is 227 Å². The minimum atomic E-state index is -0.992. The van der Waals surface area contributed by atoms with Crippen molar-refractivity contribution in [1.29, 1.82) is 0 Å². The second-order valence-electron chi connectivity index (χ2n) is 10.2. The van der Waals surface area contributed by atoms with E-state index in [4.69, 9.17) is 18.9 Å². The number of benzene rings is 4. The molecule has 0 aliphatic carbocycles. The van der Waals surface area contributed by atoms with Crippen LogP contribution in [0.15, 0.2) is 84.9 Å². The van der Waals surface area contributed by atoms with Crippen LogP contribution in [0.1, 0.15) is 37.3 Å². The zero-order valence-electron chi connectivity index (χ0n) is 21.8. The monoisotopic (exact) mass is 519 g/mol. The Balaban J connectivity index is 1.43. The molecular formula is C33H29NO5. The van der Waals surface area contributed by atoms with Crippen molar-refractivity contribution in [1.82, 2.24) is 0 Å². The topological polar surface area (TPSA) is 57.2 Å². The third-order valence-electron chi connectivity index (χ3n) is 7.88. The number of anilines is 1. The first-order valence-corrected chi connectivity index (χ1v) is 13.6. The quantitative estimate of drug-likeness (QED) is 0.244. The van der Waals surface area contributed by atoms with Gasteiger partial charge in [-0.15, -0.1) is 0 Å². The fourth-order valence-corrected chi connectivity index (χ4v) is 6.04. The van der Waals surface area contributed by atoms with Crippen molar-refractivity contribution in [3.8, 4) is 39.9 Å². The molecule has 7 rings (SSSR count). The number of hydrogen-bond acceptors (Lipinski definition) is 5. The molecule has 6 heteroatoms. The number of unbranched alkanes of at least 4 members (excludes halogenated alkanes) is 2. The molecule has 4 aromatic carbocycles. The van der Waals surface area contributed by atoms with Crippen LogP contribution >= 0.6 is 0 Å². The summed E-state index contributed by atoms with van der Waals surface area (Å²) < 4.78 is 24.0. The predicted molar refractivity (Wildman–Crippen MR) is 149 cm³/mol. The fraction of sp³-hybridized carbons (Fsp3) is 0.242. The lowest BCUT2D eigenvalue weighted by atomic mass is 9.74. The maximum atomic E-state index is 14.5. The molecule has 3 aliphatic rings. The highest BCUT2D eigenvalue weighted by Gasteiger charge is 2.58. The second kappa shape index (κ2) is 9.38. The molecule has 3 heterocycles. The lowest BCUT2D eigenvalue weighted by Gasteiger charge is -2.25. The molecule has 1 unspecified atom stereocenters. The summed E-state index contributed by atoms with van der Waals surface area (Å²) in [6, 6.07) is 27.7. The van der Waals surface area contributed by atoms with E-state index in [1.54, 1.807) is 0 Å². The van der Waals surface area contributed by atoms with Crippen molar-refractivity contribution in [2.45, 2.75) is 31.6 Å². The van der Waals surface area contributed by atoms with E-state index in [9.17, 15) is 4.79 Å². The number of carbonyl (C=O) groups is 1. The Bertz CT molecular complexity index is 1570. The Morgan fingerprint density at radius 1 is 0.821 bits per heavy atom. The normalized spacial score (nSPS) is 18.3. The van der Waals surface area contributed by atoms with Crippen LogP contribution in [0.4, 0.5) is 5.69 Å². The first-order valence-electron chi connectivity index (χ1n) is 13.6. The number of nitrogens with zero attached hydrogens (tertiary/aromatic N) is 1. The maximum Gasteiger partial charge on any atom is 0.245 e. The number of hydrogen-bond donors (Lipinski definition) is 0. The van der Waals surface area contributed by atoms with Crippen LogP contribution in [-0.4, -0.2) is 25.9 Å². The fourth-order valence-electron chi connectivity index (χ4n) is 6.04. The van der Waals surface area contributed by atoms with Crippen LogP contribution in [0.3, 0.4) is 0 Å². The van der Waals surface area contributed by atoms with E-state index in [1.165, 1.54) is 0 Å². The molecule has 0 saturated heterocycles. The molecule has 196 valence electrons. The zero-order chi connectivity index (χ0) is 26.4. The van der Waals surface area contributed by atoms with Crippen LogP contribution < -0.4 is 23.8 Å². The van der Waals surface area contributed by atoms with Crippen LogP contribution in [0.5, 0.6) is 28.7 Å². The molecule has 1 atom stereocenters. The molecule has 1 amide bonds. The molecule has 3 aliphatic heterocycles. The number of rotatable bonds is 7. The summed E-state index contributed by atoms with van der Waals surface area (Å²) >= 11 is 0. The highest BCUT2D eigenvalue weighted by atomic mass is 16.7. The van der Waals surface area contributed by atoms with Gasteiger partial charge in [0.05, 0.1) is 0 Å². The third kappa shape index (κ3) is 3.66. The van der Waals surface area contributed by atoms with Crippen molar-refractivity contribution in [3.05, 3.63) is 96.1 Å². The number of fused-ring (bicyclic) bond motifs is 5. The minimum absolute atomic E-state index is 0.0418. The van der Waals surface area contributed by atoms with E-state index in [2.05, 4.69) is 25.1 Å². The van der Waals surface area contributed by atoms with E-state index < -0.39 is 5.41 Å². The smallest absolute Gasteiger partial charge is 0.245 e. The molecule has 0 bridgehead atoms. The third-order valence-corrected chi connectivity index (χ3v) is 7.88. The molecule has 0 N–H and O–H groups in total. The van der Waals surface area contributed by atoms with Crippen molar-refractivity contribution in [2.75, 3.05) is 24.8 Å². The number of para-hydroxylation sites is 2. The summed E-state index contributed by atoms with van der Waals surface area (Å²) in [5, 5.41) is 0. The molecule has 39 heavy (non-hydrogen) atoms. The van der Waals surface area contributed by atoms with Crippen molar-refractivity contribution in [2.24, 2.45) is 0 Å². The molecule has 0 fully saturated rings. The molecular weight excluding hydrogens is 490 g/mol. The van der Waals surface area contributed by atoms with Gasteiger partial charge in [-0.1, -0.05) is 68.3 Å². The summed E-state index contributed by atoms with van der Waals surface area (Å²) in [6.07, 6.45) is 3.08. The van der Waals surface area contributed by atoms with Gasteiger partial charge < -0.3 is 23.8 Å². The number of amides is 1. The Morgan fingerprint density at radius 2 is 1.59 bits per heavy atom. The van der Waals surface area contributed by atoms with Crippen molar-refractivity contribution in [3.63, 3.8) is 0 Å². The Kier molecular flexibility index (Phi) is 5.69. The van der Waals surface area contributed by atoms with Crippen molar-refractivity contribution < 1.29 is 23.7 Å². The van der Waals surface area contributed by atoms with E-state index in [1.807, 2.05) is 71.6 Å². The van der Waals surface area contributed by atoms with Crippen LogP contribution in [0.2, 0.25) is 0 Å². The summed E-state index contributed by atoms with van der Waals surface area (Å²) in [6.45, 7) is 3.22. The predicted octanol–water partition coefficient (Wildman–Crippen LogP) is 7.09. The Morgan fingerprint density at radius 3 is 2.44 bits per heavy atom. The van der Waals surface area contributed by atoms with Gasteiger partial charge in [-0.25, -0.2) is 0 Å². The first kappa shape index (κ1) is 23.7. The van der Waals surface area contributed by atoms with Gasteiger partial charge in [0.2, 0.25) is 12.7 Å². The number of carbonyl (C=O) groups excluding carboxylic acids is 1. The average Bonchev–Trinajstić information content (AvgIpc) is 3.65. The standard InChI is InChI=1S/C33H29NO5/c1-2-3-9-17-34-26-15-10-14-24(23-13-7-8-16-27(23)39-22-11-5-4-6-12-22)31(26)33(32(34)35)20-36-28-19-30-29(18-25(28)33)37-21-38-30/h4-8,10-16,18-19H,2-3,9,17,20-21H2,1H3. The Hall–Kier alpha value is -4.45. The largest absolute Gasteiger partial charge is 0.491 e. The average molecular weight is 520 g/mol. The lowest BCUT2D eigenvalue weighted by Crippen LogP contribution is -2.43. The summed E-state index contributed by atoms with van der Waals surface area (Å²) in [5.74, 6) is 3.48. The van der Waals surface area contributed by atoms with Crippen LogP contribution in [0.25, 0.3) is 11.1 Å². The van der Waals surface area contributed by atoms with Crippen molar-refractivity contribution >= 4 is 11.6 Å². The van der Waals surface area contributed by atoms with Gasteiger partial charge in [-0.05, 0) is 42.3 Å². The van der Waals surface area contributed by atoms with Gasteiger partial charge in [0, 0.05) is 35.0 Å². The molecule has 4 aromatic rings. The van der Waals surface area contributed by atoms with E-state index in [0.717, 1.165) is 58.7 Å². The highest BCUT2D eigenvalue weighted by molar-refractivity contribution is 6.13. The van der Waals surface area contributed by atoms with Gasteiger partial charge in [0.25, 0.3) is 0 Å². The molecule has 0 aromatic heterocycles. The summed E-state index contributed by atoms with van der Waals surface area (Å²) in [5.41, 5.74) is 3.60. The molecule has 1 spiro atoms. The van der Waals surface area contributed by atoms with E-state index in [0.29, 0.717) is 23.8 Å². The first-order chi connectivity index (χ1) is 19.2. The van der Waals surface area contributed by atoms with E-state index in [-0.39, 0.29) is 19.3 Å². The SMILES string of the molecule is CCCCCN1C(=O)C2(COc3cc4c(cc32)OCO4)c2c(-c3ccccc3Oc3ccccc3)cccc21. The second-order valence-corrected chi connectivity index (χ2v) is 10.2. The lowest BCUT2D eigenvalue weighted by molar-refractivity contribution is -0.122. The minimum Gasteiger partial charge on any atom is -0.491 e. The van der Waals surface area contributed by atoms with E-state index >= 15 is 0 Å². The van der Waals surface area contributed by atoms with Gasteiger partial charge in [0.15, 0.2) is 11.5 Å². The maximum absolute atomic E-state index is 14.5. The van der Waals surface area contributed by atoms with Crippen LogP contribution in [-0.2, 0) is 10.2 Å². The highest BCUT2D eigenvalue weighted by Crippen LogP contribution is 2.58. The molecule has 6 nitrogen and oxygen atoms in total. The number of ether oxygens (including phenoxy) is 4. The van der Waals surface area contributed by atoms with Gasteiger partial charge in [-0.2, -0.15) is 0 Å². The van der Waals surface area contributed by atoms with Gasteiger partial charge in [0.1, 0.15) is 29.3 Å². The zero-order valence-corrected chi connectivity index (χ0v) is 21.8. The molecule has 0 saturated carbocycles. The molecule has 0 radical (unpaired) electrons. The summed E-state index contributed by atoms with van der Waals surface area (Å²) in [4.78, 5) is 16.5. The summed E-state index contributed by atoms with van der Waals surface area (Å²) in [7, 11) is 0. The van der Waals surface area contributed by atoms with Crippen LogP contribution in [0, 0.1) is 0 Å². The van der Waals surface area contributed by atoms with Gasteiger partial charge >= 0.3 is 0 Å². The van der Waals surface area contributed by atoms with Gasteiger partial charge in [-0.3, -0.25) is 4.79 Å².